The van der Waals surface area contributed by atoms with E-state index < -0.39 is 0 Å². The Morgan fingerprint density at radius 2 is 2.07 bits per heavy atom. The molecule has 0 saturated carbocycles. The fourth-order valence-electron chi connectivity index (χ4n) is 1.04. The van der Waals surface area contributed by atoms with Gasteiger partial charge in [-0.2, -0.15) is 0 Å². The maximum absolute atomic E-state index is 11.1. The first-order chi connectivity index (χ1) is 7.26. The van der Waals surface area contributed by atoms with Gasteiger partial charge in [-0.1, -0.05) is 6.92 Å². The predicted octanol–water partition coefficient (Wildman–Crippen LogP) is 2.65. The summed E-state index contributed by atoms with van der Waals surface area (Å²) in [6.45, 7) is 2.30. The molecular formula is C11H14ClNO2. The van der Waals surface area contributed by atoms with Crippen molar-refractivity contribution in [1.82, 2.24) is 0 Å². The van der Waals surface area contributed by atoms with Crippen LogP contribution in [0.4, 0.5) is 5.69 Å². The van der Waals surface area contributed by atoms with Crippen molar-refractivity contribution in [2.75, 3.05) is 17.8 Å². The molecule has 82 valence electrons. The molecule has 0 aromatic heterocycles. The molecule has 1 aromatic carbocycles. The highest BCUT2D eigenvalue weighted by Gasteiger charge is 1.98. The molecule has 1 amide bonds. The zero-order chi connectivity index (χ0) is 11.1. The van der Waals surface area contributed by atoms with Gasteiger partial charge >= 0.3 is 0 Å². The fraction of sp³-hybridized carbons (Fsp3) is 0.364. The lowest BCUT2D eigenvalue weighted by atomic mass is 10.3. The van der Waals surface area contributed by atoms with Crippen LogP contribution in [-0.4, -0.2) is 18.4 Å². The van der Waals surface area contributed by atoms with E-state index >= 15 is 0 Å². The Hall–Kier alpha value is -1.22. The van der Waals surface area contributed by atoms with E-state index in [-0.39, 0.29) is 5.91 Å². The largest absolute Gasteiger partial charge is 0.492 e. The van der Waals surface area contributed by atoms with Crippen molar-refractivity contribution in [1.29, 1.82) is 0 Å². The Morgan fingerprint density at radius 1 is 1.40 bits per heavy atom. The molecule has 0 aliphatic carbocycles. The first-order valence-corrected chi connectivity index (χ1v) is 5.38. The van der Waals surface area contributed by atoms with E-state index in [1.54, 1.807) is 24.3 Å². The monoisotopic (exact) mass is 227 g/mol. The topological polar surface area (TPSA) is 38.3 Å². The Bertz CT molecular complexity index is 311. The molecular weight excluding hydrogens is 214 g/mol. The lowest BCUT2D eigenvalue weighted by Gasteiger charge is -2.06. The number of hydrogen-bond donors (Lipinski definition) is 1. The molecule has 3 nitrogen and oxygen atoms in total. The molecule has 0 spiro atoms. The average Bonchev–Trinajstić information content (AvgIpc) is 2.28. The van der Waals surface area contributed by atoms with Gasteiger partial charge in [0.05, 0.1) is 5.88 Å². The summed E-state index contributed by atoms with van der Waals surface area (Å²) in [5.74, 6) is 1.23. The number of anilines is 1. The van der Waals surface area contributed by atoms with Gasteiger partial charge in [-0.3, -0.25) is 4.79 Å². The van der Waals surface area contributed by atoms with E-state index in [0.717, 1.165) is 11.4 Å². The van der Waals surface area contributed by atoms with Gasteiger partial charge in [0, 0.05) is 12.1 Å². The Morgan fingerprint density at radius 3 is 2.60 bits per heavy atom. The number of alkyl halides is 1. The number of hydrogen-bond acceptors (Lipinski definition) is 2. The standard InChI is InChI=1S/C11H14ClNO2/c1-2-11(14)13-9-3-5-10(6-4-9)15-8-7-12/h3-6H,2,7-8H2,1H3,(H,13,14). The van der Waals surface area contributed by atoms with Gasteiger partial charge in [-0.25, -0.2) is 0 Å². The lowest BCUT2D eigenvalue weighted by Crippen LogP contribution is -2.09. The van der Waals surface area contributed by atoms with E-state index in [1.807, 2.05) is 6.92 Å². The third-order valence-electron chi connectivity index (χ3n) is 1.81. The molecule has 15 heavy (non-hydrogen) atoms. The highest BCUT2D eigenvalue weighted by Crippen LogP contribution is 2.15. The maximum atomic E-state index is 11.1. The maximum Gasteiger partial charge on any atom is 0.224 e. The normalized spacial score (nSPS) is 9.73. The summed E-state index contributed by atoms with van der Waals surface area (Å²) in [5, 5.41) is 2.75. The number of halogens is 1. The van der Waals surface area contributed by atoms with Gasteiger partial charge in [0.2, 0.25) is 5.91 Å². The highest BCUT2D eigenvalue weighted by molar-refractivity contribution is 6.18. The summed E-state index contributed by atoms with van der Waals surface area (Å²) in [5.41, 5.74) is 0.778. The van der Waals surface area contributed by atoms with Crippen molar-refractivity contribution in [2.45, 2.75) is 13.3 Å². The molecule has 0 atom stereocenters. The second-order valence-corrected chi connectivity index (χ2v) is 3.34. The minimum atomic E-state index is 0.00410. The summed E-state index contributed by atoms with van der Waals surface area (Å²) in [6.07, 6.45) is 0.477. The smallest absolute Gasteiger partial charge is 0.224 e. The van der Waals surface area contributed by atoms with Crippen LogP contribution in [0.25, 0.3) is 0 Å². The molecule has 4 heteroatoms. The van der Waals surface area contributed by atoms with Crippen LogP contribution >= 0.6 is 11.6 Å². The minimum absolute atomic E-state index is 0.00410. The van der Waals surface area contributed by atoms with E-state index in [0.29, 0.717) is 18.9 Å². The summed E-state index contributed by atoms with van der Waals surface area (Å²) in [4.78, 5) is 11.1. The second-order valence-electron chi connectivity index (χ2n) is 2.96. The minimum Gasteiger partial charge on any atom is -0.492 e. The van der Waals surface area contributed by atoms with E-state index in [2.05, 4.69) is 5.32 Å². The zero-order valence-corrected chi connectivity index (χ0v) is 9.38. The van der Waals surface area contributed by atoms with Crippen molar-refractivity contribution in [3.05, 3.63) is 24.3 Å². The average molecular weight is 228 g/mol. The second kappa shape index (κ2) is 6.30. The number of rotatable bonds is 5. The SMILES string of the molecule is CCC(=O)Nc1ccc(OCCCl)cc1. The lowest BCUT2D eigenvalue weighted by molar-refractivity contribution is -0.115. The van der Waals surface area contributed by atoms with Gasteiger partial charge in [-0.05, 0) is 24.3 Å². The number of carbonyl (C=O) groups excluding carboxylic acids is 1. The Kier molecular flexibility index (Phi) is 4.98. The third-order valence-corrected chi connectivity index (χ3v) is 1.96. The zero-order valence-electron chi connectivity index (χ0n) is 8.63. The van der Waals surface area contributed by atoms with Gasteiger partial charge in [0.15, 0.2) is 0 Å². The molecule has 0 aliphatic heterocycles. The van der Waals surface area contributed by atoms with Crippen molar-refractivity contribution in [3.63, 3.8) is 0 Å². The molecule has 0 radical (unpaired) electrons. The number of ether oxygens (including phenoxy) is 1. The summed E-state index contributed by atoms with van der Waals surface area (Å²) in [7, 11) is 0. The van der Waals surface area contributed by atoms with Crippen LogP contribution in [0.1, 0.15) is 13.3 Å². The molecule has 1 rings (SSSR count). The molecule has 0 fully saturated rings. The van der Waals surface area contributed by atoms with Crippen molar-refractivity contribution < 1.29 is 9.53 Å². The van der Waals surface area contributed by atoms with Crippen LogP contribution in [-0.2, 0) is 4.79 Å². The van der Waals surface area contributed by atoms with Gasteiger partial charge in [0.1, 0.15) is 12.4 Å². The van der Waals surface area contributed by atoms with Gasteiger partial charge in [-0.15, -0.1) is 11.6 Å². The van der Waals surface area contributed by atoms with Crippen LogP contribution in [0.2, 0.25) is 0 Å². The first kappa shape index (κ1) is 11.9. The Labute approximate surface area is 94.4 Å². The molecule has 0 bridgehead atoms. The van der Waals surface area contributed by atoms with Crippen molar-refractivity contribution >= 4 is 23.2 Å². The number of amides is 1. The summed E-state index contributed by atoms with van der Waals surface area (Å²) < 4.78 is 5.30. The molecule has 0 unspecified atom stereocenters. The molecule has 0 heterocycles. The van der Waals surface area contributed by atoms with Crippen LogP contribution in [0.5, 0.6) is 5.75 Å². The van der Waals surface area contributed by atoms with Gasteiger partial charge < -0.3 is 10.1 Å². The quantitative estimate of drug-likeness (QED) is 0.786. The van der Waals surface area contributed by atoms with E-state index in [4.69, 9.17) is 16.3 Å². The molecule has 0 saturated heterocycles. The van der Waals surface area contributed by atoms with Crippen molar-refractivity contribution in [3.8, 4) is 5.75 Å². The number of benzene rings is 1. The first-order valence-electron chi connectivity index (χ1n) is 4.85. The fourth-order valence-corrected chi connectivity index (χ4v) is 1.12. The molecule has 1 N–H and O–H groups in total. The number of nitrogens with one attached hydrogen (secondary N) is 1. The highest BCUT2D eigenvalue weighted by atomic mass is 35.5. The predicted molar refractivity (Wildman–Crippen MR) is 61.6 cm³/mol. The van der Waals surface area contributed by atoms with Crippen LogP contribution in [0, 0.1) is 0 Å². The summed E-state index contributed by atoms with van der Waals surface area (Å²) in [6, 6.07) is 7.21. The summed E-state index contributed by atoms with van der Waals surface area (Å²) >= 11 is 5.49. The van der Waals surface area contributed by atoms with Gasteiger partial charge in [0.25, 0.3) is 0 Å². The Balaban J connectivity index is 2.52. The van der Waals surface area contributed by atoms with Crippen molar-refractivity contribution in [2.24, 2.45) is 0 Å². The van der Waals surface area contributed by atoms with E-state index in [9.17, 15) is 4.79 Å². The van der Waals surface area contributed by atoms with Crippen LogP contribution in [0.3, 0.4) is 0 Å². The molecule has 1 aromatic rings. The number of carbonyl (C=O) groups is 1. The van der Waals surface area contributed by atoms with Crippen LogP contribution in [0.15, 0.2) is 24.3 Å². The molecule has 0 aliphatic rings. The third kappa shape index (κ3) is 4.21. The van der Waals surface area contributed by atoms with Crippen LogP contribution < -0.4 is 10.1 Å². The van der Waals surface area contributed by atoms with E-state index in [1.165, 1.54) is 0 Å².